The van der Waals surface area contributed by atoms with Gasteiger partial charge in [0.05, 0.1) is 0 Å². The molecule has 3 heterocycles. The zero-order chi connectivity index (χ0) is 25.1. The first-order chi connectivity index (χ1) is 18.8. The molecule has 2 atom stereocenters. The highest BCUT2D eigenvalue weighted by Crippen LogP contribution is 2.48. The molecule has 1 fully saturated rings. The Morgan fingerprint density at radius 1 is 0.658 bits per heavy atom. The Morgan fingerprint density at radius 2 is 1.26 bits per heavy atom. The molecule has 3 nitrogen and oxygen atoms in total. The molecule has 186 valence electrons. The predicted molar refractivity (Wildman–Crippen MR) is 159 cm³/mol. The maximum Gasteiger partial charge on any atom is 0.310 e. The second-order valence-electron chi connectivity index (χ2n) is 10.6. The molecular formula is C34H28NO2P. The molecule has 0 spiro atoms. The molecule has 4 heteroatoms. The van der Waals surface area contributed by atoms with Gasteiger partial charge in [-0.05, 0) is 64.9 Å². The number of hydrogen-bond acceptors (Lipinski definition) is 3. The molecule has 38 heavy (non-hydrogen) atoms. The van der Waals surface area contributed by atoms with Gasteiger partial charge in [0.15, 0.2) is 0 Å². The standard InChI is InChI=1S/C34H28NO2P/c1-2-8-23(9-3-1)20-24-21-27-16-17-28(22-24)35(27)38-36-31-18-14-25-10-4-6-12-29(25)33(31)34-30-13-7-5-11-26(30)15-19-32(34)37-38/h1-15,18-19,21,27-28H,16-17,20,22H2/t27-,28+/m0/s1. The molecule has 2 bridgehead atoms. The van der Waals surface area contributed by atoms with Crippen LogP contribution in [0, 0.1) is 0 Å². The lowest BCUT2D eigenvalue weighted by molar-refractivity contribution is 0.579. The maximum atomic E-state index is 6.91. The fourth-order valence-electron chi connectivity index (χ4n) is 6.59. The average molecular weight is 514 g/mol. The molecule has 0 N–H and O–H groups in total. The van der Waals surface area contributed by atoms with Crippen LogP contribution in [0.5, 0.6) is 0 Å². The second-order valence-corrected chi connectivity index (χ2v) is 11.9. The van der Waals surface area contributed by atoms with Crippen molar-refractivity contribution in [1.82, 2.24) is 0 Å². The van der Waals surface area contributed by atoms with Crippen molar-refractivity contribution in [2.24, 2.45) is 0 Å². The lowest BCUT2D eigenvalue weighted by atomic mass is 9.96. The normalized spacial score (nSPS) is 19.4. The molecule has 0 aliphatic carbocycles. The van der Waals surface area contributed by atoms with Crippen molar-refractivity contribution in [2.45, 2.75) is 37.8 Å². The van der Waals surface area contributed by atoms with E-state index >= 15 is 0 Å². The summed E-state index contributed by atoms with van der Waals surface area (Å²) in [6.45, 7) is 0. The summed E-state index contributed by atoms with van der Waals surface area (Å²) in [7, 11) is -1.31. The van der Waals surface area contributed by atoms with E-state index in [1.165, 1.54) is 33.5 Å². The largest absolute Gasteiger partial charge is 0.408 e. The van der Waals surface area contributed by atoms with Crippen molar-refractivity contribution < 1.29 is 8.39 Å². The lowest BCUT2D eigenvalue weighted by Crippen LogP contribution is -2.36. The van der Waals surface area contributed by atoms with Crippen molar-refractivity contribution in [3.63, 3.8) is 0 Å². The van der Waals surface area contributed by atoms with Crippen LogP contribution >= 0.6 is 8.16 Å². The van der Waals surface area contributed by atoms with Gasteiger partial charge in [-0.3, -0.25) is 0 Å². The van der Waals surface area contributed by atoms with Crippen molar-refractivity contribution in [3.05, 3.63) is 120 Å². The van der Waals surface area contributed by atoms with E-state index in [4.69, 9.17) is 8.39 Å². The van der Waals surface area contributed by atoms with Gasteiger partial charge in [0, 0.05) is 22.9 Å². The van der Waals surface area contributed by atoms with Gasteiger partial charge in [0.2, 0.25) is 0 Å². The van der Waals surface area contributed by atoms with Crippen LogP contribution in [0.2, 0.25) is 0 Å². The monoisotopic (exact) mass is 513 g/mol. The minimum Gasteiger partial charge on any atom is -0.408 e. The predicted octanol–water partition coefficient (Wildman–Crippen LogP) is 9.64. The van der Waals surface area contributed by atoms with Crippen molar-refractivity contribution in [3.8, 4) is 0 Å². The summed E-state index contributed by atoms with van der Waals surface area (Å²) in [6, 6.07) is 37.5. The van der Waals surface area contributed by atoms with E-state index in [1.54, 1.807) is 5.57 Å². The number of nitrogens with zero attached hydrogens (tertiary/aromatic N) is 1. The molecule has 6 aromatic rings. The topological polar surface area (TPSA) is 29.5 Å². The number of rotatable bonds is 3. The fraction of sp³-hybridized carbons (Fsp3) is 0.176. The van der Waals surface area contributed by atoms with Crippen LogP contribution in [-0.4, -0.2) is 12.1 Å². The Hall–Kier alpha value is -3.78. The minimum absolute atomic E-state index is 0.351. The van der Waals surface area contributed by atoms with Gasteiger partial charge >= 0.3 is 8.16 Å². The van der Waals surface area contributed by atoms with Crippen LogP contribution in [-0.2, 0) is 6.42 Å². The smallest absolute Gasteiger partial charge is 0.310 e. The van der Waals surface area contributed by atoms with E-state index in [0.717, 1.165) is 41.2 Å². The van der Waals surface area contributed by atoms with Gasteiger partial charge in [0.1, 0.15) is 11.2 Å². The van der Waals surface area contributed by atoms with E-state index in [9.17, 15) is 0 Å². The first-order valence-electron chi connectivity index (χ1n) is 13.5. The van der Waals surface area contributed by atoms with E-state index in [0.29, 0.717) is 12.1 Å². The SMILES string of the molecule is C1=C(Cc2ccccc2)C[C@H]2CC[C@@H]1N2p1oc2ccc3ccccc3c2c2c(ccc3ccccc32)o1. The summed E-state index contributed by atoms with van der Waals surface area (Å²) in [5, 5.41) is 7.12. The third-order valence-corrected chi connectivity index (χ3v) is 9.99. The van der Waals surface area contributed by atoms with Gasteiger partial charge in [0.25, 0.3) is 0 Å². The molecular weight excluding hydrogens is 485 g/mol. The molecule has 0 unspecified atom stereocenters. The van der Waals surface area contributed by atoms with E-state index in [1.807, 2.05) is 0 Å². The van der Waals surface area contributed by atoms with Gasteiger partial charge in [-0.25, -0.2) is 0 Å². The van der Waals surface area contributed by atoms with Crippen LogP contribution in [0.15, 0.2) is 123 Å². The van der Waals surface area contributed by atoms with Gasteiger partial charge in [-0.2, -0.15) is 4.67 Å². The zero-order valence-corrected chi connectivity index (χ0v) is 22.0. The molecule has 5 aromatic carbocycles. The molecule has 1 saturated heterocycles. The van der Waals surface area contributed by atoms with Crippen LogP contribution in [0.1, 0.15) is 24.8 Å². The first-order valence-corrected chi connectivity index (χ1v) is 14.7. The maximum absolute atomic E-state index is 6.91. The summed E-state index contributed by atoms with van der Waals surface area (Å²) < 4.78 is 16.4. The summed E-state index contributed by atoms with van der Waals surface area (Å²) in [5.74, 6) is 0. The summed E-state index contributed by atoms with van der Waals surface area (Å²) >= 11 is 0. The fourth-order valence-corrected chi connectivity index (χ4v) is 8.35. The Kier molecular flexibility index (Phi) is 5.21. The van der Waals surface area contributed by atoms with Crippen molar-refractivity contribution in [1.29, 1.82) is 0 Å². The molecule has 0 amide bonds. The van der Waals surface area contributed by atoms with E-state index < -0.39 is 8.16 Å². The molecule has 8 rings (SSSR count). The summed E-state index contributed by atoms with van der Waals surface area (Å²) in [6.07, 6.45) is 6.94. The summed E-state index contributed by atoms with van der Waals surface area (Å²) in [4.78, 5) is 0. The molecule has 0 saturated carbocycles. The van der Waals surface area contributed by atoms with Crippen molar-refractivity contribution >= 4 is 51.6 Å². The molecule has 2 aliphatic rings. The number of fused-ring (bicyclic) bond motifs is 9. The average Bonchev–Trinajstić information content (AvgIpc) is 3.12. The Balaban J connectivity index is 1.35. The highest BCUT2D eigenvalue weighted by Gasteiger charge is 2.40. The van der Waals surface area contributed by atoms with Crippen LogP contribution in [0.25, 0.3) is 43.5 Å². The molecule has 1 aromatic heterocycles. The van der Waals surface area contributed by atoms with Gasteiger partial charge < -0.3 is 8.39 Å². The minimum atomic E-state index is -1.31. The van der Waals surface area contributed by atoms with Crippen molar-refractivity contribution in [2.75, 3.05) is 4.67 Å². The highest BCUT2D eigenvalue weighted by molar-refractivity contribution is 7.39. The third kappa shape index (κ3) is 3.61. The number of hydrogen-bond donors (Lipinski definition) is 0. The van der Waals surface area contributed by atoms with Crippen LogP contribution in [0.3, 0.4) is 0 Å². The Morgan fingerprint density at radius 3 is 1.89 bits per heavy atom. The summed E-state index contributed by atoms with van der Waals surface area (Å²) in [5.41, 5.74) is 4.77. The van der Waals surface area contributed by atoms with Gasteiger partial charge in [-0.15, -0.1) is 0 Å². The zero-order valence-electron chi connectivity index (χ0n) is 21.1. The molecule has 0 radical (unpaired) electrons. The lowest BCUT2D eigenvalue weighted by Gasteiger charge is -2.30. The van der Waals surface area contributed by atoms with Gasteiger partial charge in [-0.1, -0.05) is 103 Å². The molecule has 2 aliphatic heterocycles. The van der Waals surface area contributed by atoms with Crippen LogP contribution < -0.4 is 4.67 Å². The highest BCUT2D eigenvalue weighted by atomic mass is 31.1. The third-order valence-electron chi connectivity index (χ3n) is 8.28. The van der Waals surface area contributed by atoms with E-state index in [-0.39, 0.29) is 0 Å². The number of benzene rings is 5. The van der Waals surface area contributed by atoms with E-state index in [2.05, 4.69) is 114 Å². The first kappa shape index (κ1) is 22.2. The quantitative estimate of drug-likeness (QED) is 0.221. The van der Waals surface area contributed by atoms with Crippen LogP contribution in [0.4, 0.5) is 0 Å². The Bertz CT molecular complexity index is 1810. The second kappa shape index (κ2) is 8.91. The Labute approximate surface area is 222 Å².